The number of carbonyl (C=O) groups is 1. The summed E-state index contributed by atoms with van der Waals surface area (Å²) < 4.78 is 5.21. The van der Waals surface area contributed by atoms with Crippen molar-refractivity contribution in [1.82, 2.24) is 0 Å². The Balaban J connectivity index is 1.78. The van der Waals surface area contributed by atoms with Crippen molar-refractivity contribution in [2.45, 2.75) is 38.6 Å². The number of aromatic carboxylic acids is 1. The van der Waals surface area contributed by atoms with Gasteiger partial charge in [0.1, 0.15) is 5.75 Å². The fraction of sp³-hybridized carbons (Fsp3) is 0.588. The number of nitrogens with one attached hydrogen (secondary N) is 1. The normalized spacial score (nSPS) is 28.4. The molecule has 0 spiro atoms. The van der Waals surface area contributed by atoms with Gasteiger partial charge >= 0.3 is 5.97 Å². The van der Waals surface area contributed by atoms with Crippen molar-refractivity contribution < 1.29 is 14.6 Å². The standard InChI is InChI=1S/C17H23NO3/c1-10(15-8-11-3-4-12(15)7-11)18-16-9-13(21-2)5-6-14(16)17(19)20/h5-6,9-12,15,18H,3-4,7-8H2,1-2H3,(H,19,20). The smallest absolute Gasteiger partial charge is 0.337 e. The summed E-state index contributed by atoms with van der Waals surface area (Å²) in [6, 6.07) is 5.38. The van der Waals surface area contributed by atoms with Crippen LogP contribution in [0.15, 0.2) is 18.2 Å². The van der Waals surface area contributed by atoms with E-state index in [2.05, 4.69) is 12.2 Å². The van der Waals surface area contributed by atoms with E-state index in [9.17, 15) is 9.90 Å². The number of ether oxygens (including phenoxy) is 1. The molecule has 2 bridgehead atoms. The van der Waals surface area contributed by atoms with Crippen molar-refractivity contribution >= 4 is 11.7 Å². The Hall–Kier alpha value is -1.71. The summed E-state index contributed by atoms with van der Waals surface area (Å²) in [6.45, 7) is 2.18. The van der Waals surface area contributed by atoms with Gasteiger partial charge in [-0.15, -0.1) is 0 Å². The Bertz CT molecular complexity index is 543. The number of anilines is 1. The van der Waals surface area contributed by atoms with E-state index in [-0.39, 0.29) is 0 Å². The Labute approximate surface area is 125 Å². The molecule has 4 atom stereocenters. The number of fused-ring (bicyclic) bond motifs is 2. The number of hydrogen-bond acceptors (Lipinski definition) is 3. The lowest BCUT2D eigenvalue weighted by molar-refractivity contribution is 0.0698. The fourth-order valence-corrected chi connectivity index (χ4v) is 4.21. The molecule has 0 radical (unpaired) electrons. The first-order chi connectivity index (χ1) is 10.1. The third-order valence-electron chi connectivity index (χ3n) is 5.28. The third kappa shape index (κ3) is 2.71. The van der Waals surface area contributed by atoms with E-state index in [1.54, 1.807) is 25.3 Å². The van der Waals surface area contributed by atoms with E-state index in [1.165, 1.54) is 25.7 Å². The molecule has 2 fully saturated rings. The fourth-order valence-electron chi connectivity index (χ4n) is 4.21. The lowest BCUT2D eigenvalue weighted by atomic mass is 9.84. The van der Waals surface area contributed by atoms with Crippen molar-refractivity contribution in [3.8, 4) is 5.75 Å². The minimum atomic E-state index is -0.903. The summed E-state index contributed by atoms with van der Waals surface area (Å²) in [7, 11) is 1.60. The molecule has 3 rings (SSSR count). The first kappa shape index (κ1) is 14.2. The van der Waals surface area contributed by atoms with Crippen molar-refractivity contribution in [2.24, 2.45) is 17.8 Å². The Morgan fingerprint density at radius 2 is 2.19 bits per heavy atom. The summed E-state index contributed by atoms with van der Waals surface area (Å²) in [5.41, 5.74) is 0.975. The number of hydrogen-bond donors (Lipinski definition) is 2. The van der Waals surface area contributed by atoms with Crippen LogP contribution in [0.2, 0.25) is 0 Å². The summed E-state index contributed by atoms with van der Waals surface area (Å²) in [5.74, 6) is 2.16. The maximum atomic E-state index is 11.4. The molecule has 0 aliphatic heterocycles. The SMILES string of the molecule is COc1ccc(C(=O)O)c(NC(C)C2CC3CCC2C3)c1. The van der Waals surface area contributed by atoms with Gasteiger partial charge < -0.3 is 15.2 Å². The Morgan fingerprint density at radius 3 is 2.76 bits per heavy atom. The van der Waals surface area contributed by atoms with Crippen LogP contribution in [0.1, 0.15) is 43.0 Å². The molecule has 2 N–H and O–H groups in total. The van der Waals surface area contributed by atoms with Crippen LogP contribution >= 0.6 is 0 Å². The predicted molar refractivity (Wildman–Crippen MR) is 82.0 cm³/mol. The lowest BCUT2D eigenvalue weighted by Crippen LogP contribution is -2.30. The van der Waals surface area contributed by atoms with Gasteiger partial charge in [-0.25, -0.2) is 4.79 Å². The van der Waals surface area contributed by atoms with E-state index in [1.807, 2.05) is 0 Å². The van der Waals surface area contributed by atoms with Crippen molar-refractivity contribution in [1.29, 1.82) is 0 Å². The zero-order valence-corrected chi connectivity index (χ0v) is 12.6. The molecular weight excluding hydrogens is 266 g/mol. The van der Waals surface area contributed by atoms with Gasteiger partial charge in [0.05, 0.1) is 18.4 Å². The molecule has 0 saturated heterocycles. The first-order valence-electron chi connectivity index (χ1n) is 7.76. The van der Waals surface area contributed by atoms with Gasteiger partial charge in [-0.1, -0.05) is 6.42 Å². The highest BCUT2D eigenvalue weighted by molar-refractivity contribution is 5.94. The second kappa shape index (κ2) is 5.58. The molecule has 21 heavy (non-hydrogen) atoms. The molecule has 114 valence electrons. The maximum Gasteiger partial charge on any atom is 0.337 e. The van der Waals surface area contributed by atoms with E-state index < -0.39 is 5.97 Å². The van der Waals surface area contributed by atoms with Crippen LogP contribution in [0.25, 0.3) is 0 Å². The minimum absolute atomic E-state index is 0.297. The topological polar surface area (TPSA) is 58.6 Å². The lowest BCUT2D eigenvalue weighted by Gasteiger charge is -2.29. The third-order valence-corrected chi connectivity index (χ3v) is 5.28. The number of methoxy groups -OCH3 is 1. The minimum Gasteiger partial charge on any atom is -0.497 e. The summed E-state index contributed by atoms with van der Waals surface area (Å²) in [6.07, 6.45) is 5.37. The number of rotatable bonds is 5. The molecule has 2 aliphatic rings. The number of carboxylic acids is 1. The van der Waals surface area contributed by atoms with Crippen LogP contribution in [-0.4, -0.2) is 24.2 Å². The largest absolute Gasteiger partial charge is 0.497 e. The van der Waals surface area contributed by atoms with E-state index in [4.69, 9.17) is 4.74 Å². The summed E-state index contributed by atoms with van der Waals surface area (Å²) >= 11 is 0. The maximum absolute atomic E-state index is 11.4. The van der Waals surface area contributed by atoms with E-state index in [0.717, 1.165) is 11.8 Å². The van der Waals surface area contributed by atoms with Crippen LogP contribution in [0.4, 0.5) is 5.69 Å². The van der Waals surface area contributed by atoms with Crippen molar-refractivity contribution in [2.75, 3.05) is 12.4 Å². The van der Waals surface area contributed by atoms with Gasteiger partial charge in [0.2, 0.25) is 0 Å². The molecule has 0 amide bonds. The van der Waals surface area contributed by atoms with Gasteiger partial charge in [0, 0.05) is 12.1 Å². The highest BCUT2D eigenvalue weighted by atomic mass is 16.5. The van der Waals surface area contributed by atoms with Crippen molar-refractivity contribution in [3.63, 3.8) is 0 Å². The Morgan fingerprint density at radius 1 is 1.38 bits per heavy atom. The predicted octanol–water partition coefficient (Wildman–Crippen LogP) is 3.63. The molecule has 4 unspecified atom stereocenters. The zero-order chi connectivity index (χ0) is 15.0. The van der Waals surface area contributed by atoms with Crippen LogP contribution in [0.5, 0.6) is 5.75 Å². The van der Waals surface area contributed by atoms with Crippen LogP contribution in [0.3, 0.4) is 0 Å². The highest BCUT2D eigenvalue weighted by Crippen LogP contribution is 2.50. The second-order valence-corrected chi connectivity index (χ2v) is 6.49. The molecule has 1 aromatic rings. The quantitative estimate of drug-likeness (QED) is 0.869. The van der Waals surface area contributed by atoms with E-state index >= 15 is 0 Å². The first-order valence-corrected chi connectivity index (χ1v) is 7.76. The van der Waals surface area contributed by atoms with Gasteiger partial charge in [0.15, 0.2) is 0 Å². The molecule has 4 nitrogen and oxygen atoms in total. The molecule has 2 aliphatic carbocycles. The van der Waals surface area contributed by atoms with E-state index in [0.29, 0.717) is 29.0 Å². The Kier molecular flexibility index (Phi) is 3.79. The van der Waals surface area contributed by atoms with Crippen molar-refractivity contribution in [3.05, 3.63) is 23.8 Å². The number of carboxylic acid groups (broad SMARTS) is 1. The highest BCUT2D eigenvalue weighted by Gasteiger charge is 2.41. The molecular formula is C17H23NO3. The number of benzene rings is 1. The van der Waals surface area contributed by atoms with Gasteiger partial charge in [-0.05, 0) is 56.1 Å². The molecule has 4 heteroatoms. The zero-order valence-electron chi connectivity index (χ0n) is 12.6. The monoisotopic (exact) mass is 289 g/mol. The molecule has 1 aromatic carbocycles. The molecule has 2 saturated carbocycles. The second-order valence-electron chi connectivity index (χ2n) is 6.49. The van der Waals surface area contributed by atoms with Crippen LogP contribution in [-0.2, 0) is 0 Å². The summed E-state index contributed by atoms with van der Waals surface area (Å²) in [4.78, 5) is 11.4. The molecule has 0 aromatic heterocycles. The average molecular weight is 289 g/mol. The molecule has 0 heterocycles. The van der Waals surface area contributed by atoms with Crippen LogP contribution < -0.4 is 10.1 Å². The van der Waals surface area contributed by atoms with Gasteiger partial charge in [0.25, 0.3) is 0 Å². The van der Waals surface area contributed by atoms with Gasteiger partial charge in [-0.3, -0.25) is 0 Å². The summed E-state index contributed by atoms with van der Waals surface area (Å²) in [5, 5.41) is 12.8. The average Bonchev–Trinajstić information content (AvgIpc) is 3.09. The van der Waals surface area contributed by atoms with Crippen LogP contribution in [0, 0.1) is 17.8 Å². The van der Waals surface area contributed by atoms with Gasteiger partial charge in [-0.2, -0.15) is 0 Å².